The summed E-state index contributed by atoms with van der Waals surface area (Å²) < 4.78 is 0. The lowest BCUT2D eigenvalue weighted by molar-refractivity contribution is -0.122. The average Bonchev–Trinajstić information content (AvgIpc) is 2.54. The molecule has 2 aromatic rings. The smallest absolute Gasteiger partial charge is 0.220 e. The van der Waals surface area contributed by atoms with E-state index in [1.807, 2.05) is 67.6 Å². The van der Waals surface area contributed by atoms with Crippen LogP contribution in [-0.2, 0) is 10.3 Å². The SMILES string of the molecule is CC(NC(=O)CCCN)(c1ccccc1)c1ccccc1.Cl. The highest BCUT2D eigenvalue weighted by Crippen LogP contribution is 2.29. The van der Waals surface area contributed by atoms with Gasteiger partial charge in [-0.25, -0.2) is 0 Å². The maximum absolute atomic E-state index is 12.2. The third-order valence-corrected chi connectivity index (χ3v) is 3.70. The summed E-state index contributed by atoms with van der Waals surface area (Å²) in [6.07, 6.45) is 1.15. The number of rotatable bonds is 6. The van der Waals surface area contributed by atoms with Gasteiger partial charge in [0, 0.05) is 6.42 Å². The van der Waals surface area contributed by atoms with Crippen molar-refractivity contribution < 1.29 is 4.79 Å². The standard InChI is InChI=1S/C18H22N2O.ClH/c1-18(15-9-4-2-5-10-15,16-11-6-3-7-12-16)20-17(21)13-8-14-19;/h2-7,9-12H,8,13-14,19H2,1H3,(H,20,21);1H. The molecule has 0 fully saturated rings. The zero-order valence-electron chi connectivity index (χ0n) is 12.8. The van der Waals surface area contributed by atoms with Crippen molar-refractivity contribution in [1.29, 1.82) is 0 Å². The molecular weight excluding hydrogens is 296 g/mol. The Morgan fingerprint density at radius 3 is 1.86 bits per heavy atom. The molecule has 2 rings (SSSR count). The molecule has 0 heterocycles. The van der Waals surface area contributed by atoms with Gasteiger partial charge in [-0.15, -0.1) is 12.4 Å². The number of hydrogen-bond acceptors (Lipinski definition) is 2. The molecule has 0 atom stereocenters. The van der Waals surface area contributed by atoms with Gasteiger partial charge < -0.3 is 11.1 Å². The number of amides is 1. The molecular formula is C18H23ClN2O. The minimum Gasteiger partial charge on any atom is -0.343 e. The lowest BCUT2D eigenvalue weighted by atomic mass is 9.84. The summed E-state index contributed by atoms with van der Waals surface area (Å²) in [7, 11) is 0. The molecule has 0 radical (unpaired) electrons. The summed E-state index contributed by atoms with van der Waals surface area (Å²) in [4.78, 5) is 12.2. The normalized spacial score (nSPS) is 10.6. The first-order valence-corrected chi connectivity index (χ1v) is 7.29. The lowest BCUT2D eigenvalue weighted by Crippen LogP contribution is -2.44. The first-order valence-electron chi connectivity index (χ1n) is 7.29. The van der Waals surface area contributed by atoms with Crippen LogP contribution < -0.4 is 11.1 Å². The van der Waals surface area contributed by atoms with Crippen LogP contribution in [0.3, 0.4) is 0 Å². The number of hydrogen-bond donors (Lipinski definition) is 2. The number of nitrogens with two attached hydrogens (primary N) is 1. The molecule has 0 aromatic heterocycles. The van der Waals surface area contributed by atoms with Crippen LogP contribution in [0.15, 0.2) is 60.7 Å². The zero-order chi connectivity index (χ0) is 15.1. The van der Waals surface area contributed by atoms with E-state index in [4.69, 9.17) is 5.73 Å². The van der Waals surface area contributed by atoms with Gasteiger partial charge in [0.05, 0.1) is 5.54 Å². The first kappa shape index (κ1) is 18.2. The van der Waals surface area contributed by atoms with Crippen molar-refractivity contribution in [3.63, 3.8) is 0 Å². The highest BCUT2D eigenvalue weighted by molar-refractivity contribution is 5.85. The topological polar surface area (TPSA) is 55.1 Å². The molecule has 0 aliphatic rings. The Morgan fingerprint density at radius 2 is 1.45 bits per heavy atom. The predicted octanol–water partition coefficient (Wildman–Crippen LogP) is 3.23. The number of carbonyl (C=O) groups is 1. The third kappa shape index (κ3) is 4.33. The molecule has 0 unspecified atom stereocenters. The van der Waals surface area contributed by atoms with Crippen molar-refractivity contribution in [2.24, 2.45) is 5.73 Å². The van der Waals surface area contributed by atoms with E-state index < -0.39 is 5.54 Å². The summed E-state index contributed by atoms with van der Waals surface area (Å²) in [5.41, 5.74) is 7.08. The molecule has 3 nitrogen and oxygen atoms in total. The number of nitrogens with one attached hydrogen (secondary N) is 1. The van der Waals surface area contributed by atoms with Crippen molar-refractivity contribution in [2.75, 3.05) is 6.54 Å². The summed E-state index contributed by atoms with van der Waals surface area (Å²) in [5.74, 6) is 0.0238. The fourth-order valence-corrected chi connectivity index (χ4v) is 2.46. The van der Waals surface area contributed by atoms with Gasteiger partial charge in [-0.3, -0.25) is 4.79 Å². The minimum absolute atomic E-state index is 0. The van der Waals surface area contributed by atoms with Gasteiger partial charge >= 0.3 is 0 Å². The molecule has 4 heteroatoms. The van der Waals surface area contributed by atoms with Gasteiger partial charge in [0.25, 0.3) is 0 Å². The number of carbonyl (C=O) groups excluding carboxylic acids is 1. The Morgan fingerprint density at radius 1 is 1.00 bits per heavy atom. The van der Waals surface area contributed by atoms with Crippen LogP contribution in [0.5, 0.6) is 0 Å². The second kappa shape index (κ2) is 8.57. The summed E-state index contributed by atoms with van der Waals surface area (Å²) in [6.45, 7) is 2.57. The van der Waals surface area contributed by atoms with E-state index in [9.17, 15) is 4.79 Å². The van der Waals surface area contributed by atoms with E-state index in [1.54, 1.807) is 0 Å². The predicted molar refractivity (Wildman–Crippen MR) is 93.0 cm³/mol. The number of halogens is 1. The second-order valence-electron chi connectivity index (χ2n) is 5.30. The first-order chi connectivity index (χ1) is 10.2. The summed E-state index contributed by atoms with van der Waals surface area (Å²) in [6, 6.07) is 20.1. The van der Waals surface area contributed by atoms with Crippen LogP contribution in [0, 0.1) is 0 Å². The molecule has 118 valence electrons. The van der Waals surface area contributed by atoms with Crippen molar-refractivity contribution in [3.8, 4) is 0 Å². The highest BCUT2D eigenvalue weighted by Gasteiger charge is 2.30. The van der Waals surface area contributed by atoms with Gasteiger partial charge in [-0.2, -0.15) is 0 Å². The molecule has 2 aromatic carbocycles. The molecule has 0 aliphatic heterocycles. The van der Waals surface area contributed by atoms with Crippen LogP contribution in [0.25, 0.3) is 0 Å². The summed E-state index contributed by atoms with van der Waals surface area (Å²) >= 11 is 0. The summed E-state index contributed by atoms with van der Waals surface area (Å²) in [5, 5.41) is 3.17. The number of benzene rings is 2. The highest BCUT2D eigenvalue weighted by atomic mass is 35.5. The quantitative estimate of drug-likeness (QED) is 0.859. The van der Waals surface area contributed by atoms with Crippen molar-refractivity contribution in [2.45, 2.75) is 25.3 Å². The van der Waals surface area contributed by atoms with Gasteiger partial charge in [0.2, 0.25) is 5.91 Å². The van der Waals surface area contributed by atoms with Crippen LogP contribution >= 0.6 is 12.4 Å². The van der Waals surface area contributed by atoms with E-state index >= 15 is 0 Å². The maximum atomic E-state index is 12.2. The van der Waals surface area contributed by atoms with E-state index in [0.29, 0.717) is 19.4 Å². The minimum atomic E-state index is -0.534. The molecule has 0 saturated heterocycles. The molecule has 0 bridgehead atoms. The Labute approximate surface area is 138 Å². The van der Waals surface area contributed by atoms with Crippen molar-refractivity contribution >= 4 is 18.3 Å². The van der Waals surface area contributed by atoms with Crippen molar-refractivity contribution in [3.05, 3.63) is 71.8 Å². The molecule has 0 saturated carbocycles. The van der Waals surface area contributed by atoms with Gasteiger partial charge in [0.1, 0.15) is 0 Å². The molecule has 22 heavy (non-hydrogen) atoms. The lowest BCUT2D eigenvalue weighted by Gasteiger charge is -2.32. The Kier molecular flexibility index (Phi) is 7.09. The van der Waals surface area contributed by atoms with Crippen LogP contribution in [0.2, 0.25) is 0 Å². The monoisotopic (exact) mass is 318 g/mol. The molecule has 1 amide bonds. The van der Waals surface area contributed by atoms with Gasteiger partial charge in [-0.1, -0.05) is 60.7 Å². The van der Waals surface area contributed by atoms with Gasteiger partial charge in [-0.05, 0) is 31.0 Å². The van der Waals surface area contributed by atoms with Crippen LogP contribution in [0.1, 0.15) is 30.9 Å². The fourth-order valence-electron chi connectivity index (χ4n) is 2.46. The second-order valence-corrected chi connectivity index (χ2v) is 5.30. The van der Waals surface area contributed by atoms with Crippen molar-refractivity contribution in [1.82, 2.24) is 5.32 Å². The molecule has 0 aliphatic carbocycles. The van der Waals surface area contributed by atoms with Crippen LogP contribution in [0.4, 0.5) is 0 Å². The maximum Gasteiger partial charge on any atom is 0.220 e. The van der Waals surface area contributed by atoms with E-state index in [-0.39, 0.29) is 18.3 Å². The molecule has 0 spiro atoms. The third-order valence-electron chi connectivity index (χ3n) is 3.70. The van der Waals surface area contributed by atoms with Gasteiger partial charge in [0.15, 0.2) is 0 Å². The van der Waals surface area contributed by atoms with E-state index in [2.05, 4.69) is 5.32 Å². The Hall–Kier alpha value is -1.84. The Bertz CT molecular complexity index is 533. The fraction of sp³-hybridized carbons (Fsp3) is 0.278. The van der Waals surface area contributed by atoms with E-state index in [0.717, 1.165) is 11.1 Å². The van der Waals surface area contributed by atoms with Crippen LogP contribution in [-0.4, -0.2) is 12.5 Å². The van der Waals surface area contributed by atoms with E-state index in [1.165, 1.54) is 0 Å². The largest absolute Gasteiger partial charge is 0.343 e. The Balaban J connectivity index is 0.00000242. The zero-order valence-corrected chi connectivity index (χ0v) is 13.6. The average molecular weight is 319 g/mol. The molecule has 3 N–H and O–H groups in total.